The summed E-state index contributed by atoms with van der Waals surface area (Å²) in [6.45, 7) is 5.74. The van der Waals surface area contributed by atoms with E-state index in [0.29, 0.717) is 0 Å². The molecule has 0 aromatic carbocycles. The normalized spacial score (nSPS) is 4.33. The average Bonchev–Trinajstić information content (AvgIpc) is 1.70. The predicted octanol–water partition coefficient (Wildman–Crippen LogP) is 0.697. The van der Waals surface area contributed by atoms with E-state index in [1.807, 2.05) is 20.8 Å². The Bertz CT molecular complexity index is 45.1. The van der Waals surface area contributed by atoms with Crippen LogP contribution in [0.4, 0.5) is 0 Å². The quantitative estimate of drug-likeness (QED) is 0.346. The third kappa shape index (κ3) is 203. The fourth-order valence-corrected chi connectivity index (χ4v) is 0. The van der Waals surface area contributed by atoms with E-state index in [-0.39, 0.29) is 0 Å². The molecule has 0 aromatic heterocycles. The summed E-state index contributed by atoms with van der Waals surface area (Å²) < 4.78 is 8.50. The number of rotatable bonds is 0. The van der Waals surface area contributed by atoms with Gasteiger partial charge in [-0.15, -0.1) is 0 Å². The number of hydrogen-bond donors (Lipinski definition) is 0. The van der Waals surface area contributed by atoms with Crippen LogP contribution in [0.1, 0.15) is 20.8 Å². The van der Waals surface area contributed by atoms with Crippen molar-refractivity contribution < 1.29 is 58.1 Å². The molecule has 0 amide bonds. The van der Waals surface area contributed by atoms with Crippen molar-refractivity contribution in [1.29, 1.82) is 0 Å². The van der Waals surface area contributed by atoms with Crippen molar-refractivity contribution in [2.75, 3.05) is 0 Å². The zero-order chi connectivity index (χ0) is 8.12. The fraction of sp³-hybridized carbons (Fsp3) is 0.500. The van der Waals surface area contributed by atoms with Crippen LogP contribution >= 0.6 is 0 Å². The molecule has 0 saturated carbocycles. The van der Waals surface area contributed by atoms with Gasteiger partial charge in [-0.1, -0.05) is 0 Å². The van der Waals surface area contributed by atoms with Gasteiger partial charge in [0.25, 0.3) is 0 Å². The van der Waals surface area contributed by atoms with E-state index in [2.05, 4.69) is 13.2 Å². The SMILES string of the molecule is C[C-]=[W].C[C-]=[W].C[C-]=[W]. The Balaban J connectivity index is -0.0000000600. The molecule has 0 atom stereocenters. The molecule has 0 aromatic rings. The summed E-state index contributed by atoms with van der Waals surface area (Å²) in [5, 5.41) is 0. The Morgan fingerprint density at radius 1 is 0.667 bits per heavy atom. The third-order valence-corrected chi connectivity index (χ3v) is 0. The predicted molar refractivity (Wildman–Crippen MR) is 32.0 cm³/mol. The Morgan fingerprint density at radius 2 is 0.667 bits per heavy atom. The first-order valence-electron chi connectivity index (χ1n) is 2.11. The van der Waals surface area contributed by atoms with Crippen molar-refractivity contribution in [3.63, 3.8) is 0 Å². The van der Waals surface area contributed by atoms with Crippen LogP contribution < -0.4 is 0 Å². The minimum absolute atomic E-state index is 1.42. The van der Waals surface area contributed by atoms with Gasteiger partial charge in [-0.05, 0) is 0 Å². The van der Waals surface area contributed by atoms with E-state index in [1.165, 1.54) is 58.1 Å². The summed E-state index contributed by atoms with van der Waals surface area (Å²) >= 11 is 4.26. The molecule has 0 aliphatic heterocycles. The second-order valence-electron chi connectivity index (χ2n) is 0.612. The maximum absolute atomic E-state index is 2.83. The van der Waals surface area contributed by atoms with Gasteiger partial charge in [0.15, 0.2) is 0 Å². The first-order chi connectivity index (χ1) is 4.24. The van der Waals surface area contributed by atoms with E-state index in [9.17, 15) is 0 Å². The molecule has 3 heteroatoms. The van der Waals surface area contributed by atoms with Crippen molar-refractivity contribution in [1.82, 2.24) is 0 Å². The topological polar surface area (TPSA) is 0 Å². The average molecular weight is 633 g/mol. The first-order valence-corrected chi connectivity index (χ1v) is 6.51. The standard InChI is InChI=1S/3C2H3.3W/c3*1-2;;;/h3*1H3;;;/q3*-1;;;. The van der Waals surface area contributed by atoms with Crippen LogP contribution in [-0.2, 0) is 58.1 Å². The van der Waals surface area contributed by atoms with E-state index < -0.39 is 0 Å². The van der Waals surface area contributed by atoms with Gasteiger partial charge in [-0.3, -0.25) is 0 Å². The van der Waals surface area contributed by atoms with Crippen LogP contribution in [0.25, 0.3) is 0 Å². The van der Waals surface area contributed by atoms with Crippen molar-refractivity contribution in [3.05, 3.63) is 0 Å². The molecule has 0 heterocycles. The van der Waals surface area contributed by atoms with Crippen LogP contribution in [0.5, 0.6) is 0 Å². The molecular formula is C6H9W3-3. The van der Waals surface area contributed by atoms with Crippen molar-refractivity contribution in [2.24, 2.45) is 0 Å². The molecule has 54 valence electrons. The molecule has 0 aliphatic carbocycles. The Hall–Kier alpha value is 1.67. The maximum atomic E-state index is 2.83. The summed E-state index contributed by atoms with van der Waals surface area (Å²) in [5.41, 5.74) is 0. The summed E-state index contributed by atoms with van der Waals surface area (Å²) in [6.07, 6.45) is 0. The molecule has 0 nitrogen and oxygen atoms in total. The van der Waals surface area contributed by atoms with Crippen LogP contribution in [0, 0.1) is 0 Å². The van der Waals surface area contributed by atoms with Crippen LogP contribution in [0.3, 0.4) is 0 Å². The Kier molecular flexibility index (Phi) is 62.8. The summed E-state index contributed by atoms with van der Waals surface area (Å²) in [5.74, 6) is 0. The number of hydrogen-bond acceptors (Lipinski definition) is 0. The third-order valence-electron chi connectivity index (χ3n) is 0. The van der Waals surface area contributed by atoms with Gasteiger partial charge in [0, 0.05) is 0 Å². The van der Waals surface area contributed by atoms with Gasteiger partial charge in [0.05, 0.1) is 0 Å². The molecule has 0 unspecified atom stereocenters. The second kappa shape index (κ2) is 33.3. The molecular weight excluding hydrogens is 624 g/mol. The van der Waals surface area contributed by atoms with Crippen LogP contribution in [-0.4, -0.2) is 13.2 Å². The fourth-order valence-electron chi connectivity index (χ4n) is 0. The zero-order valence-corrected chi connectivity index (χ0v) is 14.5. The van der Waals surface area contributed by atoms with Gasteiger partial charge in [0.2, 0.25) is 0 Å². The van der Waals surface area contributed by atoms with Crippen molar-refractivity contribution in [3.8, 4) is 0 Å². The monoisotopic (exact) mass is 633 g/mol. The molecule has 0 fully saturated rings. The van der Waals surface area contributed by atoms with Crippen LogP contribution in [0.15, 0.2) is 0 Å². The van der Waals surface area contributed by atoms with E-state index in [1.54, 1.807) is 0 Å². The Labute approximate surface area is 91.0 Å². The summed E-state index contributed by atoms with van der Waals surface area (Å²) in [4.78, 5) is 0. The molecule has 0 bridgehead atoms. The van der Waals surface area contributed by atoms with Gasteiger partial charge in [-0.2, -0.15) is 0 Å². The van der Waals surface area contributed by atoms with Gasteiger partial charge in [0.1, 0.15) is 0 Å². The zero-order valence-electron chi connectivity index (χ0n) is 5.72. The van der Waals surface area contributed by atoms with Crippen molar-refractivity contribution >= 4 is 13.2 Å². The second-order valence-corrected chi connectivity index (χ2v) is 5.01. The van der Waals surface area contributed by atoms with E-state index >= 15 is 0 Å². The van der Waals surface area contributed by atoms with Gasteiger partial charge >= 0.3 is 92.0 Å². The Morgan fingerprint density at radius 3 is 0.667 bits per heavy atom. The summed E-state index contributed by atoms with van der Waals surface area (Å²) in [6, 6.07) is 0. The molecule has 0 rings (SSSR count). The molecule has 9 heavy (non-hydrogen) atoms. The summed E-state index contributed by atoms with van der Waals surface area (Å²) in [7, 11) is 0. The minimum atomic E-state index is 1.42. The molecule has 0 radical (unpaired) electrons. The first kappa shape index (κ1) is 17.0. The molecule has 0 spiro atoms. The molecule has 0 N–H and O–H groups in total. The van der Waals surface area contributed by atoms with Gasteiger partial charge < -0.3 is 0 Å². The van der Waals surface area contributed by atoms with Crippen LogP contribution in [0.2, 0.25) is 0 Å². The molecule has 0 saturated heterocycles. The van der Waals surface area contributed by atoms with Gasteiger partial charge in [-0.25, -0.2) is 0 Å². The molecule has 0 aliphatic rings. The van der Waals surface area contributed by atoms with Crippen molar-refractivity contribution in [2.45, 2.75) is 20.8 Å². The van der Waals surface area contributed by atoms with E-state index in [4.69, 9.17) is 0 Å². The van der Waals surface area contributed by atoms with E-state index in [0.717, 1.165) is 0 Å².